The second-order valence-corrected chi connectivity index (χ2v) is 5.73. The van der Waals surface area contributed by atoms with Crippen LogP contribution < -0.4 is 10.1 Å². The average molecular weight is 331 g/mol. The summed E-state index contributed by atoms with van der Waals surface area (Å²) in [7, 11) is 1.51. The summed E-state index contributed by atoms with van der Waals surface area (Å²) in [5, 5.41) is 21.3. The molecular weight excluding hydrogens is 310 g/mol. The molecule has 0 aliphatic heterocycles. The summed E-state index contributed by atoms with van der Waals surface area (Å²) in [6.07, 6.45) is 2.89. The van der Waals surface area contributed by atoms with Crippen molar-refractivity contribution < 1.29 is 19.4 Å². The summed E-state index contributed by atoms with van der Waals surface area (Å²) in [5.74, 6) is 0.560. The van der Waals surface area contributed by atoms with Crippen LogP contribution >= 0.6 is 0 Å². The molecule has 2 N–H and O–H groups in total. The van der Waals surface area contributed by atoms with Gasteiger partial charge in [-0.15, -0.1) is 0 Å². The predicted molar refractivity (Wildman–Crippen MR) is 86.6 cm³/mol. The standard InChI is InChI=1S/C17H21N3O4/c1-24-14-9-5-6-12(10-14)15(11-18)19-16(21)20(17(22)23)13-7-3-2-4-8-13/h5-6,9-10,13,15H,2-4,7-8H2,1H3,(H,19,21)(H,22,23)/t15-/m1/s1. The van der Waals surface area contributed by atoms with Crippen LogP contribution in [0.2, 0.25) is 0 Å². The van der Waals surface area contributed by atoms with Gasteiger partial charge in [0.05, 0.1) is 13.2 Å². The summed E-state index contributed by atoms with van der Waals surface area (Å²) >= 11 is 0. The van der Waals surface area contributed by atoms with Crippen LogP contribution in [0.15, 0.2) is 24.3 Å². The SMILES string of the molecule is COc1cccc([C@@H](C#N)NC(=O)N(C(=O)O)C2CCCCC2)c1. The summed E-state index contributed by atoms with van der Waals surface area (Å²) in [5.41, 5.74) is 0.541. The lowest BCUT2D eigenvalue weighted by Gasteiger charge is -2.31. The molecule has 0 unspecified atom stereocenters. The Hall–Kier alpha value is -2.75. The van der Waals surface area contributed by atoms with Gasteiger partial charge in [-0.2, -0.15) is 5.26 Å². The highest BCUT2D eigenvalue weighted by atomic mass is 16.5. The number of hydrogen-bond acceptors (Lipinski definition) is 4. The number of carbonyl (C=O) groups is 2. The topological polar surface area (TPSA) is 103 Å². The number of benzene rings is 1. The van der Waals surface area contributed by atoms with E-state index in [2.05, 4.69) is 5.32 Å². The molecule has 7 nitrogen and oxygen atoms in total. The lowest BCUT2D eigenvalue weighted by Crippen LogP contribution is -2.50. The molecule has 1 fully saturated rings. The minimum Gasteiger partial charge on any atom is -0.497 e. The van der Waals surface area contributed by atoms with Gasteiger partial charge in [-0.25, -0.2) is 14.5 Å². The van der Waals surface area contributed by atoms with Crippen LogP contribution in [0, 0.1) is 11.3 Å². The maximum absolute atomic E-state index is 12.4. The number of carboxylic acid groups (broad SMARTS) is 1. The first-order chi connectivity index (χ1) is 11.6. The highest BCUT2D eigenvalue weighted by molar-refractivity contribution is 5.90. The van der Waals surface area contributed by atoms with E-state index in [1.807, 2.05) is 6.07 Å². The van der Waals surface area contributed by atoms with Crippen molar-refractivity contribution in [3.8, 4) is 11.8 Å². The third kappa shape index (κ3) is 4.16. The van der Waals surface area contributed by atoms with Gasteiger partial charge in [0, 0.05) is 6.04 Å². The van der Waals surface area contributed by atoms with Crippen LogP contribution in [-0.2, 0) is 0 Å². The van der Waals surface area contributed by atoms with E-state index in [1.54, 1.807) is 24.3 Å². The lowest BCUT2D eigenvalue weighted by atomic mass is 9.94. The fourth-order valence-corrected chi connectivity index (χ4v) is 2.95. The summed E-state index contributed by atoms with van der Waals surface area (Å²) in [6, 6.07) is 6.71. The van der Waals surface area contributed by atoms with Gasteiger partial charge in [-0.05, 0) is 30.5 Å². The third-order valence-electron chi connectivity index (χ3n) is 4.19. The fourth-order valence-electron chi connectivity index (χ4n) is 2.95. The first-order valence-corrected chi connectivity index (χ1v) is 7.93. The van der Waals surface area contributed by atoms with Gasteiger partial charge < -0.3 is 15.2 Å². The molecule has 1 saturated carbocycles. The molecule has 0 bridgehead atoms. The average Bonchev–Trinajstić information content (AvgIpc) is 2.60. The molecule has 128 valence electrons. The van der Waals surface area contributed by atoms with E-state index in [9.17, 15) is 20.0 Å². The lowest BCUT2D eigenvalue weighted by molar-refractivity contribution is 0.120. The first-order valence-electron chi connectivity index (χ1n) is 7.93. The van der Waals surface area contributed by atoms with Crippen LogP contribution in [0.5, 0.6) is 5.75 Å². The largest absolute Gasteiger partial charge is 0.497 e. The number of rotatable bonds is 4. The summed E-state index contributed by atoms with van der Waals surface area (Å²) in [4.78, 5) is 24.8. The highest BCUT2D eigenvalue weighted by Gasteiger charge is 2.32. The van der Waals surface area contributed by atoms with Gasteiger partial charge in [0.2, 0.25) is 0 Å². The van der Waals surface area contributed by atoms with Gasteiger partial charge >= 0.3 is 12.1 Å². The summed E-state index contributed by atoms with van der Waals surface area (Å²) < 4.78 is 5.11. The number of nitrogens with one attached hydrogen (secondary N) is 1. The zero-order valence-electron chi connectivity index (χ0n) is 13.6. The monoisotopic (exact) mass is 331 g/mol. The van der Waals surface area contributed by atoms with Gasteiger partial charge in [-0.3, -0.25) is 0 Å². The van der Waals surface area contributed by atoms with Crippen molar-refractivity contribution in [2.24, 2.45) is 0 Å². The number of carbonyl (C=O) groups excluding carboxylic acids is 1. The molecule has 24 heavy (non-hydrogen) atoms. The van der Waals surface area contributed by atoms with E-state index in [1.165, 1.54) is 7.11 Å². The Bertz CT molecular complexity index is 635. The molecule has 1 aromatic carbocycles. The molecule has 1 aromatic rings. The Morgan fingerprint density at radius 2 is 2.08 bits per heavy atom. The second kappa shape index (κ2) is 8.20. The Kier molecular flexibility index (Phi) is 6.01. The fraction of sp³-hybridized carbons (Fsp3) is 0.471. The summed E-state index contributed by atoms with van der Waals surface area (Å²) in [6.45, 7) is 0. The van der Waals surface area contributed by atoms with Crippen LogP contribution in [-0.4, -0.2) is 35.3 Å². The number of methoxy groups -OCH3 is 1. The maximum Gasteiger partial charge on any atom is 0.415 e. The van der Waals surface area contributed by atoms with Crippen LogP contribution in [0.1, 0.15) is 43.7 Å². The first kappa shape index (κ1) is 17.6. The van der Waals surface area contributed by atoms with Crippen molar-refractivity contribution >= 4 is 12.1 Å². The highest BCUT2D eigenvalue weighted by Crippen LogP contribution is 2.24. The molecule has 0 aromatic heterocycles. The van der Waals surface area contributed by atoms with Gasteiger partial charge in [-0.1, -0.05) is 31.4 Å². The van der Waals surface area contributed by atoms with Crippen molar-refractivity contribution in [1.29, 1.82) is 5.26 Å². The van der Waals surface area contributed by atoms with E-state index >= 15 is 0 Å². The molecule has 0 saturated heterocycles. The zero-order chi connectivity index (χ0) is 17.5. The Labute approximate surface area is 140 Å². The van der Waals surface area contributed by atoms with Crippen molar-refractivity contribution in [3.63, 3.8) is 0 Å². The normalized spacial score (nSPS) is 15.8. The molecule has 0 radical (unpaired) electrons. The third-order valence-corrected chi connectivity index (χ3v) is 4.19. The van der Waals surface area contributed by atoms with Crippen LogP contribution in [0.4, 0.5) is 9.59 Å². The van der Waals surface area contributed by atoms with Crippen LogP contribution in [0.25, 0.3) is 0 Å². The van der Waals surface area contributed by atoms with Crippen molar-refractivity contribution in [1.82, 2.24) is 10.2 Å². The van der Waals surface area contributed by atoms with Gasteiger partial charge in [0.25, 0.3) is 0 Å². The molecule has 7 heteroatoms. The van der Waals surface area contributed by atoms with Crippen LogP contribution in [0.3, 0.4) is 0 Å². The Morgan fingerprint density at radius 3 is 2.67 bits per heavy atom. The number of amides is 3. The molecule has 3 amide bonds. The number of nitrogens with zero attached hydrogens (tertiary/aromatic N) is 2. The van der Waals surface area contributed by atoms with E-state index in [-0.39, 0.29) is 6.04 Å². The van der Waals surface area contributed by atoms with E-state index in [4.69, 9.17) is 4.74 Å². The van der Waals surface area contributed by atoms with E-state index < -0.39 is 18.2 Å². The van der Waals surface area contributed by atoms with Crippen molar-refractivity contribution in [2.75, 3.05) is 7.11 Å². The van der Waals surface area contributed by atoms with E-state index in [0.717, 1.165) is 24.2 Å². The molecular formula is C17H21N3O4. The Balaban J connectivity index is 2.14. The predicted octanol–water partition coefficient (Wildman–Crippen LogP) is 3.28. The molecule has 0 heterocycles. The van der Waals surface area contributed by atoms with Crippen molar-refractivity contribution in [2.45, 2.75) is 44.2 Å². The molecule has 1 atom stereocenters. The molecule has 1 aliphatic rings. The quantitative estimate of drug-likeness (QED) is 0.881. The Morgan fingerprint density at radius 1 is 1.38 bits per heavy atom. The number of imide groups is 1. The van der Waals surface area contributed by atoms with E-state index in [0.29, 0.717) is 24.2 Å². The zero-order valence-corrected chi connectivity index (χ0v) is 13.6. The number of urea groups is 1. The molecule has 2 rings (SSSR count). The number of hydrogen-bond donors (Lipinski definition) is 2. The minimum absolute atomic E-state index is 0.332. The number of ether oxygens (including phenoxy) is 1. The molecule has 1 aliphatic carbocycles. The van der Waals surface area contributed by atoms with Crippen molar-refractivity contribution in [3.05, 3.63) is 29.8 Å². The maximum atomic E-state index is 12.4. The van der Waals surface area contributed by atoms with Gasteiger partial charge in [0.1, 0.15) is 11.8 Å². The van der Waals surface area contributed by atoms with Gasteiger partial charge in [0.15, 0.2) is 0 Å². The minimum atomic E-state index is -1.29. The second-order valence-electron chi connectivity index (χ2n) is 5.73. The smallest absolute Gasteiger partial charge is 0.415 e. The number of nitriles is 1. The molecule has 0 spiro atoms.